The zero-order valence-electron chi connectivity index (χ0n) is 13.5. The molecule has 0 heterocycles. The smallest absolute Gasteiger partial charge is 0.251 e. The molecule has 0 aromatic heterocycles. The van der Waals surface area contributed by atoms with Gasteiger partial charge in [-0.15, -0.1) is 0 Å². The van der Waals surface area contributed by atoms with Gasteiger partial charge in [-0.25, -0.2) is 0 Å². The summed E-state index contributed by atoms with van der Waals surface area (Å²) in [6, 6.07) is 6.35. The van der Waals surface area contributed by atoms with Gasteiger partial charge in [0.25, 0.3) is 5.91 Å². The van der Waals surface area contributed by atoms with Crippen LogP contribution in [-0.2, 0) is 0 Å². The number of hydrogen-bond donors (Lipinski definition) is 2. The van der Waals surface area contributed by atoms with Crippen molar-refractivity contribution in [3.8, 4) is 0 Å². The van der Waals surface area contributed by atoms with Gasteiger partial charge in [0, 0.05) is 23.8 Å². The van der Waals surface area contributed by atoms with Gasteiger partial charge in [0.2, 0.25) is 0 Å². The first-order valence-corrected chi connectivity index (χ1v) is 8.25. The van der Waals surface area contributed by atoms with E-state index in [-0.39, 0.29) is 5.91 Å². The molecule has 1 aromatic carbocycles. The second kappa shape index (κ2) is 7.48. The Morgan fingerprint density at radius 1 is 1.24 bits per heavy atom. The Hall–Kier alpha value is -1.51. The van der Waals surface area contributed by atoms with Gasteiger partial charge in [0.15, 0.2) is 0 Å². The Morgan fingerprint density at radius 2 is 1.95 bits per heavy atom. The van der Waals surface area contributed by atoms with Crippen molar-refractivity contribution in [1.29, 1.82) is 0 Å². The molecule has 1 amide bonds. The number of aryl methyl sites for hydroxylation is 1. The fourth-order valence-corrected chi connectivity index (χ4v) is 2.97. The molecule has 0 spiro atoms. The third kappa shape index (κ3) is 4.48. The van der Waals surface area contributed by atoms with Crippen molar-refractivity contribution in [3.05, 3.63) is 29.3 Å². The average Bonchev–Trinajstić information content (AvgIpc) is 2.47. The molecule has 116 valence electrons. The van der Waals surface area contributed by atoms with E-state index in [4.69, 9.17) is 0 Å². The summed E-state index contributed by atoms with van der Waals surface area (Å²) in [6.07, 6.45) is 5.78. The maximum absolute atomic E-state index is 12.4. The van der Waals surface area contributed by atoms with E-state index in [0.717, 1.165) is 48.5 Å². The molecule has 0 saturated heterocycles. The quantitative estimate of drug-likeness (QED) is 0.855. The summed E-state index contributed by atoms with van der Waals surface area (Å²) in [7, 11) is 0. The van der Waals surface area contributed by atoms with Gasteiger partial charge in [0.1, 0.15) is 0 Å². The van der Waals surface area contributed by atoms with Crippen molar-refractivity contribution in [1.82, 2.24) is 5.32 Å². The minimum Gasteiger partial charge on any atom is -0.385 e. The molecule has 2 rings (SSSR count). The van der Waals surface area contributed by atoms with Crippen LogP contribution in [0, 0.1) is 12.8 Å². The van der Waals surface area contributed by atoms with Crippen molar-refractivity contribution in [2.75, 3.05) is 11.9 Å². The summed E-state index contributed by atoms with van der Waals surface area (Å²) in [4.78, 5) is 12.4. The highest BCUT2D eigenvalue weighted by molar-refractivity contribution is 5.96. The van der Waals surface area contributed by atoms with Crippen molar-refractivity contribution in [3.63, 3.8) is 0 Å². The fraction of sp³-hybridized carbons (Fsp3) is 0.611. The summed E-state index contributed by atoms with van der Waals surface area (Å²) >= 11 is 0. The number of rotatable bonds is 5. The summed E-state index contributed by atoms with van der Waals surface area (Å²) < 4.78 is 0. The van der Waals surface area contributed by atoms with Crippen LogP contribution in [0.1, 0.15) is 61.9 Å². The minimum absolute atomic E-state index is 0.0779. The van der Waals surface area contributed by atoms with E-state index in [0.29, 0.717) is 6.04 Å². The number of amides is 1. The standard InChI is InChI=1S/C18H28N2O/c1-4-11-19-16-9-10-17(14(3)12-16)18(21)20-15-7-5-13(2)6-8-15/h9-10,12-13,15,19H,4-8,11H2,1-3H3,(H,20,21). The van der Waals surface area contributed by atoms with Crippen LogP contribution < -0.4 is 10.6 Å². The molecule has 1 fully saturated rings. The van der Waals surface area contributed by atoms with Crippen LogP contribution in [0.4, 0.5) is 5.69 Å². The van der Waals surface area contributed by atoms with E-state index in [9.17, 15) is 4.79 Å². The van der Waals surface area contributed by atoms with Crippen LogP contribution in [0.15, 0.2) is 18.2 Å². The van der Waals surface area contributed by atoms with Crippen LogP contribution >= 0.6 is 0 Å². The maximum atomic E-state index is 12.4. The molecule has 3 nitrogen and oxygen atoms in total. The number of hydrogen-bond acceptors (Lipinski definition) is 2. The number of nitrogens with one attached hydrogen (secondary N) is 2. The zero-order chi connectivity index (χ0) is 15.2. The minimum atomic E-state index is 0.0779. The molecule has 0 unspecified atom stereocenters. The molecule has 1 aliphatic rings. The van der Waals surface area contributed by atoms with Gasteiger partial charge >= 0.3 is 0 Å². The van der Waals surface area contributed by atoms with E-state index in [1.807, 2.05) is 19.1 Å². The summed E-state index contributed by atoms with van der Waals surface area (Å²) in [5, 5.41) is 6.56. The zero-order valence-corrected chi connectivity index (χ0v) is 13.5. The van der Waals surface area contributed by atoms with Gasteiger partial charge in [0.05, 0.1) is 0 Å². The molecule has 0 radical (unpaired) electrons. The lowest BCUT2D eigenvalue weighted by molar-refractivity contribution is 0.0922. The molecule has 2 N–H and O–H groups in total. The second-order valence-corrected chi connectivity index (χ2v) is 6.39. The molecular weight excluding hydrogens is 260 g/mol. The molecule has 1 saturated carbocycles. The van der Waals surface area contributed by atoms with Crippen molar-refractivity contribution in [2.45, 2.75) is 58.9 Å². The first-order chi connectivity index (χ1) is 10.1. The summed E-state index contributed by atoms with van der Waals surface area (Å²) in [5.41, 5.74) is 2.94. The Kier molecular flexibility index (Phi) is 5.66. The Bertz CT molecular complexity index is 476. The maximum Gasteiger partial charge on any atom is 0.251 e. The molecular formula is C18H28N2O. The number of benzene rings is 1. The second-order valence-electron chi connectivity index (χ2n) is 6.39. The van der Waals surface area contributed by atoms with E-state index in [1.165, 1.54) is 12.8 Å². The van der Waals surface area contributed by atoms with Crippen LogP contribution in [0.25, 0.3) is 0 Å². The van der Waals surface area contributed by atoms with Crippen molar-refractivity contribution < 1.29 is 4.79 Å². The highest BCUT2D eigenvalue weighted by Crippen LogP contribution is 2.24. The topological polar surface area (TPSA) is 41.1 Å². The Morgan fingerprint density at radius 3 is 2.57 bits per heavy atom. The van der Waals surface area contributed by atoms with Crippen molar-refractivity contribution >= 4 is 11.6 Å². The van der Waals surface area contributed by atoms with E-state index in [2.05, 4.69) is 30.5 Å². The molecule has 21 heavy (non-hydrogen) atoms. The Balaban J connectivity index is 1.95. The van der Waals surface area contributed by atoms with E-state index in [1.54, 1.807) is 0 Å². The average molecular weight is 288 g/mol. The predicted molar refractivity (Wildman–Crippen MR) is 88.8 cm³/mol. The SMILES string of the molecule is CCCNc1ccc(C(=O)NC2CCC(C)CC2)c(C)c1. The van der Waals surface area contributed by atoms with E-state index < -0.39 is 0 Å². The monoisotopic (exact) mass is 288 g/mol. The van der Waals surface area contributed by atoms with Crippen LogP contribution in [-0.4, -0.2) is 18.5 Å². The van der Waals surface area contributed by atoms with Crippen LogP contribution in [0.5, 0.6) is 0 Å². The number of carbonyl (C=O) groups is 1. The lowest BCUT2D eigenvalue weighted by atomic mass is 9.87. The first-order valence-electron chi connectivity index (χ1n) is 8.25. The largest absolute Gasteiger partial charge is 0.385 e. The number of carbonyl (C=O) groups excluding carboxylic acids is 1. The highest BCUT2D eigenvalue weighted by atomic mass is 16.1. The van der Waals surface area contributed by atoms with Crippen LogP contribution in [0.2, 0.25) is 0 Å². The number of anilines is 1. The molecule has 0 aliphatic heterocycles. The summed E-state index contributed by atoms with van der Waals surface area (Å²) in [6.45, 7) is 7.41. The van der Waals surface area contributed by atoms with Crippen molar-refractivity contribution in [2.24, 2.45) is 5.92 Å². The Labute approximate surface area is 128 Å². The van der Waals surface area contributed by atoms with Gasteiger partial charge in [-0.2, -0.15) is 0 Å². The molecule has 0 atom stereocenters. The third-order valence-corrected chi connectivity index (χ3v) is 4.40. The molecule has 3 heteroatoms. The molecule has 1 aliphatic carbocycles. The lowest BCUT2D eigenvalue weighted by Gasteiger charge is -2.27. The first kappa shape index (κ1) is 15.9. The fourth-order valence-electron chi connectivity index (χ4n) is 2.97. The molecule has 0 bridgehead atoms. The normalized spacial score (nSPS) is 21.9. The molecule has 1 aromatic rings. The third-order valence-electron chi connectivity index (χ3n) is 4.40. The van der Waals surface area contributed by atoms with Crippen LogP contribution in [0.3, 0.4) is 0 Å². The van der Waals surface area contributed by atoms with Gasteiger partial charge in [-0.3, -0.25) is 4.79 Å². The lowest BCUT2D eigenvalue weighted by Crippen LogP contribution is -2.37. The van der Waals surface area contributed by atoms with Gasteiger partial charge in [-0.1, -0.05) is 13.8 Å². The highest BCUT2D eigenvalue weighted by Gasteiger charge is 2.20. The van der Waals surface area contributed by atoms with Gasteiger partial charge < -0.3 is 10.6 Å². The predicted octanol–water partition coefficient (Wildman–Crippen LogP) is 4.13. The summed E-state index contributed by atoms with van der Waals surface area (Å²) in [5.74, 6) is 0.887. The van der Waals surface area contributed by atoms with Gasteiger partial charge in [-0.05, 0) is 68.7 Å². The van der Waals surface area contributed by atoms with E-state index >= 15 is 0 Å².